The van der Waals surface area contributed by atoms with E-state index in [0.717, 1.165) is 38.0 Å². The Morgan fingerprint density at radius 2 is 2.04 bits per heavy atom. The lowest BCUT2D eigenvalue weighted by Gasteiger charge is -2.42. The quantitative estimate of drug-likeness (QED) is 0.929. The van der Waals surface area contributed by atoms with Gasteiger partial charge in [0.2, 0.25) is 11.7 Å². The highest BCUT2D eigenvalue weighted by Crippen LogP contribution is 2.27. The zero-order valence-corrected chi connectivity index (χ0v) is 14.6. The molecule has 1 fully saturated rings. The Balaban J connectivity index is 0.00000192. The van der Waals surface area contributed by atoms with E-state index in [-0.39, 0.29) is 23.9 Å². The molecule has 23 heavy (non-hydrogen) atoms. The molecule has 3 rings (SSSR count). The van der Waals surface area contributed by atoms with Gasteiger partial charge in [-0.15, -0.1) is 12.4 Å². The summed E-state index contributed by atoms with van der Waals surface area (Å²) in [4.78, 5) is 6.93. The lowest BCUT2D eigenvalue weighted by atomic mass is 9.80. The first-order chi connectivity index (χ1) is 10.5. The largest absolute Gasteiger partial charge is 0.339 e. The lowest BCUT2D eigenvalue weighted by molar-refractivity contribution is 0.0945. The maximum atomic E-state index is 6.18. The molecule has 1 aromatic carbocycles. The predicted octanol–water partition coefficient (Wildman–Crippen LogP) is 2.76. The maximum absolute atomic E-state index is 6.18. The van der Waals surface area contributed by atoms with Gasteiger partial charge in [0.1, 0.15) is 0 Å². The number of piperidine rings is 1. The molecule has 1 aromatic heterocycles. The van der Waals surface area contributed by atoms with E-state index in [0.29, 0.717) is 11.7 Å². The smallest absolute Gasteiger partial charge is 0.228 e. The van der Waals surface area contributed by atoms with Crippen LogP contribution in [0.5, 0.6) is 0 Å². The number of rotatable bonds is 4. The number of benzene rings is 1. The molecule has 1 saturated heterocycles. The van der Waals surface area contributed by atoms with Crippen molar-refractivity contribution in [2.24, 2.45) is 11.1 Å². The van der Waals surface area contributed by atoms with E-state index in [1.807, 2.05) is 30.3 Å². The van der Waals surface area contributed by atoms with E-state index >= 15 is 0 Å². The van der Waals surface area contributed by atoms with Crippen molar-refractivity contribution >= 4 is 12.4 Å². The van der Waals surface area contributed by atoms with Gasteiger partial charge < -0.3 is 15.2 Å². The van der Waals surface area contributed by atoms with E-state index in [2.05, 4.69) is 28.9 Å². The van der Waals surface area contributed by atoms with Crippen LogP contribution in [0.2, 0.25) is 0 Å². The summed E-state index contributed by atoms with van der Waals surface area (Å²) in [7, 11) is 0. The minimum absolute atomic E-state index is 0. The second kappa shape index (κ2) is 7.43. The molecule has 0 aliphatic carbocycles. The van der Waals surface area contributed by atoms with Crippen molar-refractivity contribution in [1.82, 2.24) is 15.0 Å². The molecule has 0 bridgehead atoms. The Morgan fingerprint density at radius 3 is 2.74 bits per heavy atom. The molecule has 0 saturated carbocycles. The van der Waals surface area contributed by atoms with Crippen molar-refractivity contribution in [3.63, 3.8) is 0 Å². The lowest BCUT2D eigenvalue weighted by Crippen LogP contribution is -2.52. The summed E-state index contributed by atoms with van der Waals surface area (Å²) >= 11 is 0. The van der Waals surface area contributed by atoms with E-state index in [1.54, 1.807) is 0 Å². The highest BCUT2D eigenvalue weighted by atomic mass is 35.5. The number of halogens is 1. The molecule has 1 aliphatic rings. The molecular weight excluding hydrogens is 312 g/mol. The minimum atomic E-state index is 0. The van der Waals surface area contributed by atoms with Gasteiger partial charge in [-0.05, 0) is 18.4 Å². The second-order valence-electron chi connectivity index (χ2n) is 6.79. The average Bonchev–Trinajstić information content (AvgIpc) is 2.98. The van der Waals surface area contributed by atoms with E-state index in [4.69, 9.17) is 10.3 Å². The summed E-state index contributed by atoms with van der Waals surface area (Å²) in [5, 5.41) is 4.07. The Hall–Kier alpha value is -1.43. The van der Waals surface area contributed by atoms with Crippen molar-refractivity contribution in [3.05, 3.63) is 36.2 Å². The fraction of sp³-hybridized carbons (Fsp3) is 0.529. The van der Waals surface area contributed by atoms with Crippen molar-refractivity contribution < 1.29 is 4.52 Å². The van der Waals surface area contributed by atoms with Crippen LogP contribution >= 0.6 is 12.4 Å². The summed E-state index contributed by atoms with van der Waals surface area (Å²) < 4.78 is 5.37. The first kappa shape index (κ1) is 17.9. The average molecular weight is 337 g/mol. The molecule has 0 amide bonds. The second-order valence-corrected chi connectivity index (χ2v) is 6.79. The van der Waals surface area contributed by atoms with Crippen LogP contribution in [0.15, 0.2) is 34.9 Å². The molecule has 1 atom stereocenters. The number of hydrogen-bond donors (Lipinski definition) is 1. The van der Waals surface area contributed by atoms with Gasteiger partial charge >= 0.3 is 0 Å². The van der Waals surface area contributed by atoms with E-state index in [1.165, 1.54) is 0 Å². The predicted molar refractivity (Wildman–Crippen MR) is 93.5 cm³/mol. The molecule has 1 aliphatic heterocycles. The maximum Gasteiger partial charge on any atom is 0.228 e. The molecule has 6 heteroatoms. The third-order valence-electron chi connectivity index (χ3n) is 4.53. The zero-order valence-electron chi connectivity index (χ0n) is 13.7. The summed E-state index contributed by atoms with van der Waals surface area (Å²) in [5.41, 5.74) is 7.34. The molecule has 2 aromatic rings. The summed E-state index contributed by atoms with van der Waals surface area (Å²) in [6, 6.07) is 10.2. The first-order valence-corrected chi connectivity index (χ1v) is 7.90. The van der Waals surface area contributed by atoms with Gasteiger partial charge in [0.15, 0.2) is 0 Å². The number of aromatic nitrogens is 2. The van der Waals surface area contributed by atoms with Crippen LogP contribution in [-0.2, 0) is 6.42 Å². The Kier molecular flexibility index (Phi) is 5.79. The van der Waals surface area contributed by atoms with Gasteiger partial charge in [-0.2, -0.15) is 4.98 Å². The van der Waals surface area contributed by atoms with Gasteiger partial charge in [-0.25, -0.2) is 0 Å². The van der Waals surface area contributed by atoms with Crippen molar-refractivity contribution in [2.75, 3.05) is 19.6 Å². The monoisotopic (exact) mass is 336 g/mol. The fourth-order valence-electron chi connectivity index (χ4n) is 2.99. The molecule has 1 unspecified atom stereocenters. The molecule has 0 spiro atoms. The summed E-state index contributed by atoms with van der Waals surface area (Å²) in [6.07, 6.45) is 1.83. The van der Waals surface area contributed by atoms with E-state index < -0.39 is 0 Å². The van der Waals surface area contributed by atoms with Crippen molar-refractivity contribution in [2.45, 2.75) is 32.7 Å². The van der Waals surface area contributed by atoms with E-state index in [9.17, 15) is 0 Å². The van der Waals surface area contributed by atoms with Crippen LogP contribution in [0.3, 0.4) is 0 Å². The highest BCUT2D eigenvalue weighted by Gasteiger charge is 2.33. The molecule has 2 N–H and O–H groups in total. The van der Waals surface area contributed by atoms with Crippen LogP contribution in [0.25, 0.3) is 11.4 Å². The number of likely N-dealkylation sites (tertiary alicyclic amines) is 1. The number of hydrogen-bond acceptors (Lipinski definition) is 5. The Morgan fingerprint density at radius 1 is 1.30 bits per heavy atom. The molecule has 5 nitrogen and oxygen atoms in total. The minimum Gasteiger partial charge on any atom is -0.339 e. The van der Waals surface area contributed by atoms with Crippen LogP contribution in [0.1, 0.15) is 26.2 Å². The SMILES string of the molecule is CC1(C)CN(CCc2nc(-c3ccccc3)no2)CCC1N.Cl. The fourth-order valence-corrected chi connectivity index (χ4v) is 2.99. The highest BCUT2D eigenvalue weighted by molar-refractivity contribution is 5.85. The van der Waals surface area contributed by atoms with Gasteiger partial charge in [0.25, 0.3) is 0 Å². The molecular formula is C17H25ClN4O. The molecule has 126 valence electrons. The standard InChI is InChI=1S/C17H24N4O.ClH/c1-17(2)12-21(10-8-14(17)18)11-9-15-19-16(20-22-15)13-6-4-3-5-7-13;/h3-7,14H,8-12,18H2,1-2H3;1H. The van der Waals surface area contributed by atoms with Crippen LogP contribution in [-0.4, -0.2) is 40.7 Å². The van der Waals surface area contributed by atoms with Crippen LogP contribution in [0.4, 0.5) is 0 Å². The zero-order chi connectivity index (χ0) is 15.6. The third kappa shape index (κ3) is 4.31. The normalized spacial score (nSPS) is 20.9. The summed E-state index contributed by atoms with van der Waals surface area (Å²) in [5.74, 6) is 1.36. The number of nitrogens with zero attached hydrogens (tertiary/aromatic N) is 3. The number of nitrogens with two attached hydrogens (primary N) is 1. The Labute approximate surface area is 143 Å². The van der Waals surface area contributed by atoms with Crippen molar-refractivity contribution in [1.29, 1.82) is 0 Å². The van der Waals surface area contributed by atoms with Crippen LogP contribution < -0.4 is 5.73 Å². The topological polar surface area (TPSA) is 68.2 Å². The van der Waals surface area contributed by atoms with Gasteiger partial charge in [0, 0.05) is 31.1 Å². The molecule has 0 radical (unpaired) electrons. The van der Waals surface area contributed by atoms with Crippen LogP contribution in [0, 0.1) is 5.41 Å². The van der Waals surface area contributed by atoms with Crippen molar-refractivity contribution in [3.8, 4) is 11.4 Å². The van der Waals surface area contributed by atoms with Gasteiger partial charge in [-0.1, -0.05) is 49.3 Å². The van der Waals surface area contributed by atoms with Gasteiger partial charge in [0.05, 0.1) is 0 Å². The van der Waals surface area contributed by atoms with Gasteiger partial charge in [-0.3, -0.25) is 0 Å². The third-order valence-corrected chi connectivity index (χ3v) is 4.53. The Bertz CT molecular complexity index is 614. The molecule has 2 heterocycles. The first-order valence-electron chi connectivity index (χ1n) is 7.90. The summed E-state index contributed by atoms with van der Waals surface area (Å²) in [6.45, 7) is 7.48.